The second-order valence-electron chi connectivity index (χ2n) is 9.13. The highest BCUT2D eigenvalue weighted by Gasteiger charge is 2.75. The van der Waals surface area contributed by atoms with Gasteiger partial charge in [0, 0.05) is 30.3 Å². The monoisotopic (exact) mass is 400 g/mol. The van der Waals surface area contributed by atoms with Crippen molar-refractivity contribution in [1.29, 1.82) is 0 Å². The lowest BCUT2D eigenvalue weighted by Gasteiger charge is -2.67. The molecular formula is C22H28N2O5. The van der Waals surface area contributed by atoms with E-state index in [-0.39, 0.29) is 29.8 Å². The smallest absolute Gasteiger partial charge is 0.314 e. The molecule has 2 N–H and O–H groups in total. The van der Waals surface area contributed by atoms with Gasteiger partial charge >= 0.3 is 5.97 Å². The molecule has 29 heavy (non-hydrogen) atoms. The van der Waals surface area contributed by atoms with E-state index in [1.807, 2.05) is 18.2 Å². The molecule has 1 aliphatic carbocycles. The standard InChI is InChI=1S/C22H28N2O5/c1-12(25)15-8-13-10-22(20(27)29-3)18(15)24(11-13)7-6-21(22)16-5-4-14(28-2)9-17(16)23-19(21)26/h4-5,9,12-13,15,18,25H,6-8,10-11H2,1-3H3,(H,23,26). The van der Waals surface area contributed by atoms with E-state index in [0.29, 0.717) is 24.3 Å². The number of hydrogen-bond donors (Lipinski definition) is 2. The molecule has 7 unspecified atom stereocenters. The molecule has 1 aromatic carbocycles. The van der Waals surface area contributed by atoms with Gasteiger partial charge in [0.1, 0.15) is 11.2 Å². The zero-order valence-corrected chi connectivity index (χ0v) is 17.1. The average Bonchev–Trinajstić information content (AvgIpc) is 3.01. The third kappa shape index (κ3) is 2.15. The minimum atomic E-state index is -1.01. The third-order valence-electron chi connectivity index (χ3n) is 8.04. The summed E-state index contributed by atoms with van der Waals surface area (Å²) in [6.45, 7) is 3.44. The molecule has 156 valence electrons. The van der Waals surface area contributed by atoms with Crippen LogP contribution in [0.1, 0.15) is 31.7 Å². The number of aliphatic hydroxyl groups excluding tert-OH is 1. The SMILES string of the molecule is COC(=O)C12CC3CC(C(C)O)C1N(CCC21C(=O)Nc2cc(OC)ccc21)C3. The summed E-state index contributed by atoms with van der Waals surface area (Å²) in [6.07, 6.45) is 1.50. The van der Waals surface area contributed by atoms with E-state index in [1.54, 1.807) is 14.0 Å². The third-order valence-corrected chi connectivity index (χ3v) is 8.04. The molecule has 1 saturated carbocycles. The number of nitrogens with one attached hydrogen (secondary N) is 1. The molecule has 7 heteroatoms. The van der Waals surface area contributed by atoms with Crippen molar-refractivity contribution in [2.45, 2.75) is 43.7 Å². The number of methoxy groups -OCH3 is 2. The Kier molecular flexibility index (Phi) is 4.03. The van der Waals surface area contributed by atoms with Gasteiger partial charge in [-0.25, -0.2) is 0 Å². The number of fused-ring (bicyclic) bond motifs is 3. The number of carbonyl (C=O) groups excluding carboxylic acids is 2. The number of ether oxygens (including phenoxy) is 2. The van der Waals surface area contributed by atoms with Crippen molar-refractivity contribution in [1.82, 2.24) is 4.90 Å². The number of benzene rings is 1. The molecule has 1 aromatic rings. The topological polar surface area (TPSA) is 88.1 Å². The van der Waals surface area contributed by atoms with Gasteiger partial charge < -0.3 is 19.9 Å². The quantitative estimate of drug-likeness (QED) is 0.749. The number of esters is 1. The normalized spacial score (nSPS) is 40.3. The first-order chi connectivity index (χ1) is 13.9. The Labute approximate surface area is 170 Å². The summed E-state index contributed by atoms with van der Waals surface area (Å²) in [5.74, 6) is 0.390. The number of piperidine rings is 3. The highest BCUT2D eigenvalue weighted by Crippen LogP contribution is 2.66. The van der Waals surface area contributed by atoms with Crippen LogP contribution in [-0.4, -0.2) is 61.3 Å². The summed E-state index contributed by atoms with van der Waals surface area (Å²) in [4.78, 5) is 29.5. The fraction of sp³-hybridized carbons (Fsp3) is 0.636. The zero-order chi connectivity index (χ0) is 20.6. The lowest BCUT2D eigenvalue weighted by Crippen LogP contribution is -2.77. The van der Waals surface area contributed by atoms with Crippen LogP contribution in [0, 0.1) is 17.3 Å². The highest BCUT2D eigenvalue weighted by molar-refractivity contribution is 6.10. The summed E-state index contributed by atoms with van der Waals surface area (Å²) in [7, 11) is 3.00. The summed E-state index contributed by atoms with van der Waals surface area (Å²) >= 11 is 0. The molecule has 5 aliphatic rings. The van der Waals surface area contributed by atoms with E-state index in [1.165, 1.54) is 7.11 Å². The maximum Gasteiger partial charge on any atom is 0.314 e. The van der Waals surface area contributed by atoms with E-state index in [0.717, 1.165) is 25.1 Å². The average molecular weight is 400 g/mol. The molecule has 0 radical (unpaired) electrons. The Morgan fingerprint density at radius 2 is 2.17 bits per heavy atom. The van der Waals surface area contributed by atoms with Crippen LogP contribution in [0.5, 0.6) is 5.75 Å². The first-order valence-corrected chi connectivity index (χ1v) is 10.4. The van der Waals surface area contributed by atoms with E-state index in [9.17, 15) is 14.7 Å². The Morgan fingerprint density at radius 1 is 1.38 bits per heavy atom. The Balaban J connectivity index is 1.76. The van der Waals surface area contributed by atoms with Crippen LogP contribution in [0.15, 0.2) is 18.2 Å². The molecule has 6 rings (SSSR count). The number of hydrogen-bond acceptors (Lipinski definition) is 6. The van der Waals surface area contributed by atoms with Crippen LogP contribution in [0.2, 0.25) is 0 Å². The van der Waals surface area contributed by atoms with E-state index in [2.05, 4.69) is 10.2 Å². The second-order valence-corrected chi connectivity index (χ2v) is 9.13. The lowest BCUT2D eigenvalue weighted by atomic mass is 9.43. The molecule has 0 aromatic heterocycles. The summed E-state index contributed by atoms with van der Waals surface area (Å²) < 4.78 is 10.7. The van der Waals surface area contributed by atoms with E-state index < -0.39 is 16.9 Å². The van der Waals surface area contributed by atoms with E-state index >= 15 is 0 Å². The number of anilines is 1. The number of rotatable bonds is 3. The van der Waals surface area contributed by atoms with Crippen molar-refractivity contribution < 1.29 is 24.2 Å². The molecule has 1 amide bonds. The summed E-state index contributed by atoms with van der Waals surface area (Å²) in [6, 6.07) is 5.39. The van der Waals surface area contributed by atoms with Crippen molar-refractivity contribution in [3.05, 3.63) is 23.8 Å². The van der Waals surface area contributed by atoms with Crippen molar-refractivity contribution in [2.24, 2.45) is 17.3 Å². The van der Waals surface area contributed by atoms with Gasteiger partial charge in [0.2, 0.25) is 5.91 Å². The van der Waals surface area contributed by atoms with Crippen LogP contribution in [-0.2, 0) is 19.7 Å². The van der Waals surface area contributed by atoms with Gasteiger partial charge in [-0.05, 0) is 50.3 Å². The maximum absolute atomic E-state index is 13.6. The Bertz CT molecular complexity index is 886. The Morgan fingerprint density at radius 3 is 2.86 bits per heavy atom. The number of carbonyl (C=O) groups is 2. The second kappa shape index (κ2) is 6.19. The molecule has 4 aliphatic heterocycles. The van der Waals surface area contributed by atoms with Crippen LogP contribution < -0.4 is 10.1 Å². The van der Waals surface area contributed by atoms with Crippen molar-refractivity contribution in [3.8, 4) is 5.75 Å². The largest absolute Gasteiger partial charge is 0.497 e. The first-order valence-electron chi connectivity index (χ1n) is 10.4. The molecule has 3 saturated heterocycles. The van der Waals surface area contributed by atoms with Gasteiger partial charge in [-0.15, -0.1) is 0 Å². The minimum Gasteiger partial charge on any atom is -0.497 e. The molecule has 4 fully saturated rings. The molecule has 7 nitrogen and oxygen atoms in total. The highest BCUT2D eigenvalue weighted by atomic mass is 16.5. The molecule has 7 atom stereocenters. The van der Waals surface area contributed by atoms with Crippen LogP contribution >= 0.6 is 0 Å². The van der Waals surface area contributed by atoms with Crippen LogP contribution in [0.4, 0.5) is 5.69 Å². The fourth-order valence-electron chi connectivity index (χ4n) is 7.09. The molecular weight excluding hydrogens is 372 g/mol. The maximum atomic E-state index is 13.6. The van der Waals surface area contributed by atoms with Crippen LogP contribution in [0.25, 0.3) is 0 Å². The van der Waals surface area contributed by atoms with Gasteiger partial charge in [-0.3, -0.25) is 14.5 Å². The van der Waals surface area contributed by atoms with Gasteiger partial charge in [-0.2, -0.15) is 0 Å². The van der Waals surface area contributed by atoms with Gasteiger partial charge in [0.15, 0.2) is 0 Å². The van der Waals surface area contributed by atoms with E-state index in [4.69, 9.17) is 9.47 Å². The predicted molar refractivity (Wildman–Crippen MR) is 106 cm³/mol. The first kappa shape index (κ1) is 18.9. The summed E-state index contributed by atoms with van der Waals surface area (Å²) in [5.41, 5.74) is -0.437. The molecule has 4 heterocycles. The molecule has 1 spiro atoms. The number of amides is 1. The summed E-state index contributed by atoms with van der Waals surface area (Å²) in [5, 5.41) is 13.6. The number of nitrogens with zero attached hydrogens (tertiary/aromatic N) is 1. The minimum absolute atomic E-state index is 0.0612. The fourth-order valence-corrected chi connectivity index (χ4v) is 7.09. The van der Waals surface area contributed by atoms with Crippen molar-refractivity contribution in [3.63, 3.8) is 0 Å². The van der Waals surface area contributed by atoms with Gasteiger partial charge in [-0.1, -0.05) is 6.07 Å². The van der Waals surface area contributed by atoms with Gasteiger partial charge in [0.25, 0.3) is 0 Å². The molecule has 4 bridgehead atoms. The Hall–Kier alpha value is -2.12. The number of aliphatic hydroxyl groups is 1. The van der Waals surface area contributed by atoms with Crippen molar-refractivity contribution >= 4 is 17.6 Å². The van der Waals surface area contributed by atoms with Gasteiger partial charge in [0.05, 0.1) is 25.7 Å². The zero-order valence-electron chi connectivity index (χ0n) is 17.1. The predicted octanol–water partition coefficient (Wildman–Crippen LogP) is 1.54. The van der Waals surface area contributed by atoms with Crippen molar-refractivity contribution in [2.75, 3.05) is 32.6 Å². The lowest BCUT2D eigenvalue weighted by molar-refractivity contribution is -0.210. The van der Waals surface area contributed by atoms with Crippen LogP contribution in [0.3, 0.4) is 0 Å².